The fraction of sp³-hybridized carbons (Fsp3) is 0.522. The van der Waals surface area contributed by atoms with Crippen LogP contribution in [0.5, 0.6) is 0 Å². The van der Waals surface area contributed by atoms with Crippen molar-refractivity contribution >= 4 is 11.7 Å². The second kappa shape index (κ2) is 9.83. The Hall–Kier alpha value is -2.47. The highest BCUT2D eigenvalue weighted by Crippen LogP contribution is 2.18. The SMILES string of the molecule is O=C(NC1CCCCCC1)c1cnc(N2CCN(Cc3ccccc3)CC2)cn1. The summed E-state index contributed by atoms with van der Waals surface area (Å²) in [7, 11) is 0. The molecule has 1 aromatic heterocycles. The first-order chi connectivity index (χ1) is 14.3. The standard InChI is InChI=1S/C23H31N5O/c29-23(26-20-10-6-1-2-7-11-20)21-16-25-22(17-24-21)28-14-12-27(13-15-28)18-19-8-4-3-5-9-19/h3-5,8-9,16-17,20H,1-2,6-7,10-15,18H2,(H,26,29). The maximum atomic E-state index is 12.5. The van der Waals surface area contributed by atoms with E-state index in [1.165, 1.54) is 31.2 Å². The number of aromatic nitrogens is 2. The van der Waals surface area contributed by atoms with E-state index in [2.05, 4.69) is 55.4 Å². The molecule has 2 heterocycles. The highest BCUT2D eigenvalue weighted by molar-refractivity contribution is 5.92. The molecule has 1 aliphatic carbocycles. The molecule has 1 N–H and O–H groups in total. The zero-order valence-corrected chi connectivity index (χ0v) is 17.1. The number of carbonyl (C=O) groups is 1. The third-order valence-electron chi connectivity index (χ3n) is 6.01. The van der Waals surface area contributed by atoms with E-state index in [0.717, 1.165) is 51.4 Å². The van der Waals surface area contributed by atoms with Gasteiger partial charge in [0.2, 0.25) is 0 Å². The van der Waals surface area contributed by atoms with Crippen LogP contribution in [0.15, 0.2) is 42.7 Å². The van der Waals surface area contributed by atoms with Crippen molar-refractivity contribution in [3.8, 4) is 0 Å². The summed E-state index contributed by atoms with van der Waals surface area (Å²) in [6.07, 6.45) is 10.5. The van der Waals surface area contributed by atoms with E-state index >= 15 is 0 Å². The topological polar surface area (TPSA) is 61.4 Å². The van der Waals surface area contributed by atoms with Crippen molar-refractivity contribution in [3.05, 3.63) is 54.0 Å². The van der Waals surface area contributed by atoms with E-state index < -0.39 is 0 Å². The molecule has 2 aromatic rings. The van der Waals surface area contributed by atoms with Crippen LogP contribution in [0.2, 0.25) is 0 Å². The van der Waals surface area contributed by atoms with E-state index in [4.69, 9.17) is 0 Å². The van der Waals surface area contributed by atoms with Gasteiger partial charge in [0, 0.05) is 38.8 Å². The minimum absolute atomic E-state index is 0.0939. The molecule has 4 rings (SSSR count). The van der Waals surface area contributed by atoms with Crippen molar-refractivity contribution in [1.29, 1.82) is 0 Å². The molecule has 154 valence electrons. The number of benzene rings is 1. The van der Waals surface area contributed by atoms with Crippen LogP contribution in [-0.2, 0) is 6.54 Å². The highest BCUT2D eigenvalue weighted by atomic mass is 16.1. The Morgan fingerprint density at radius 2 is 1.66 bits per heavy atom. The predicted molar refractivity (Wildman–Crippen MR) is 115 cm³/mol. The second-order valence-electron chi connectivity index (χ2n) is 8.17. The van der Waals surface area contributed by atoms with Gasteiger partial charge in [-0.05, 0) is 18.4 Å². The van der Waals surface area contributed by atoms with Gasteiger partial charge in [-0.3, -0.25) is 9.69 Å². The molecule has 2 aliphatic rings. The number of piperazine rings is 1. The van der Waals surface area contributed by atoms with Crippen LogP contribution in [0, 0.1) is 0 Å². The highest BCUT2D eigenvalue weighted by Gasteiger charge is 2.20. The average Bonchev–Trinajstić information content (AvgIpc) is 3.04. The fourth-order valence-electron chi connectivity index (χ4n) is 4.26. The lowest BCUT2D eigenvalue weighted by molar-refractivity contribution is 0.0928. The quantitative estimate of drug-likeness (QED) is 0.790. The van der Waals surface area contributed by atoms with Crippen LogP contribution in [0.25, 0.3) is 0 Å². The molecular formula is C23H31N5O. The van der Waals surface area contributed by atoms with E-state index in [9.17, 15) is 4.79 Å². The molecule has 2 fully saturated rings. The Morgan fingerprint density at radius 1 is 0.931 bits per heavy atom. The van der Waals surface area contributed by atoms with Crippen molar-refractivity contribution in [3.63, 3.8) is 0 Å². The molecule has 29 heavy (non-hydrogen) atoms. The second-order valence-corrected chi connectivity index (χ2v) is 8.17. The van der Waals surface area contributed by atoms with Gasteiger partial charge in [-0.25, -0.2) is 9.97 Å². The molecule has 0 spiro atoms. The first kappa shape index (κ1) is 19.8. The lowest BCUT2D eigenvalue weighted by Gasteiger charge is -2.35. The monoisotopic (exact) mass is 393 g/mol. The Balaban J connectivity index is 1.27. The zero-order valence-electron chi connectivity index (χ0n) is 17.1. The molecule has 1 saturated carbocycles. The van der Waals surface area contributed by atoms with E-state index in [1.807, 2.05) is 0 Å². The summed E-state index contributed by atoms with van der Waals surface area (Å²) in [6, 6.07) is 10.9. The molecule has 0 unspecified atom stereocenters. The smallest absolute Gasteiger partial charge is 0.271 e. The Bertz CT molecular complexity index is 764. The van der Waals surface area contributed by atoms with Gasteiger partial charge in [-0.2, -0.15) is 0 Å². The summed E-state index contributed by atoms with van der Waals surface area (Å²) in [5.41, 5.74) is 1.77. The van der Waals surface area contributed by atoms with Crippen molar-refractivity contribution in [2.45, 2.75) is 51.1 Å². The lowest BCUT2D eigenvalue weighted by atomic mass is 10.1. The number of nitrogens with one attached hydrogen (secondary N) is 1. The summed E-state index contributed by atoms with van der Waals surface area (Å²) in [5, 5.41) is 3.14. The molecule has 0 atom stereocenters. The summed E-state index contributed by atoms with van der Waals surface area (Å²) in [4.78, 5) is 26.1. The molecule has 0 radical (unpaired) electrons. The first-order valence-electron chi connectivity index (χ1n) is 10.9. The molecule has 6 heteroatoms. The number of amides is 1. The number of rotatable bonds is 5. The molecule has 6 nitrogen and oxygen atoms in total. The zero-order chi connectivity index (χ0) is 19.9. The van der Waals surface area contributed by atoms with Gasteiger partial charge >= 0.3 is 0 Å². The number of hydrogen-bond donors (Lipinski definition) is 1. The van der Waals surface area contributed by atoms with Crippen molar-refractivity contribution in [2.75, 3.05) is 31.1 Å². The van der Waals surface area contributed by atoms with E-state index in [0.29, 0.717) is 5.69 Å². The minimum Gasteiger partial charge on any atom is -0.353 e. The molecule has 1 amide bonds. The fourth-order valence-corrected chi connectivity index (χ4v) is 4.26. The van der Waals surface area contributed by atoms with Crippen LogP contribution < -0.4 is 10.2 Å². The van der Waals surface area contributed by atoms with Gasteiger partial charge < -0.3 is 10.2 Å². The molecule has 1 saturated heterocycles. The molecule has 1 aromatic carbocycles. The van der Waals surface area contributed by atoms with E-state index in [-0.39, 0.29) is 11.9 Å². The Morgan fingerprint density at radius 3 is 2.31 bits per heavy atom. The van der Waals surface area contributed by atoms with Crippen LogP contribution in [0.1, 0.15) is 54.6 Å². The van der Waals surface area contributed by atoms with Crippen molar-refractivity contribution < 1.29 is 4.79 Å². The minimum atomic E-state index is -0.0939. The average molecular weight is 394 g/mol. The predicted octanol–water partition coefficient (Wildman–Crippen LogP) is 3.25. The van der Waals surface area contributed by atoms with Gasteiger partial charge in [0.1, 0.15) is 11.5 Å². The molecular weight excluding hydrogens is 362 g/mol. The number of carbonyl (C=O) groups excluding carboxylic acids is 1. The van der Waals surface area contributed by atoms with Crippen LogP contribution in [0.4, 0.5) is 5.82 Å². The normalized spacial score (nSPS) is 19.0. The third-order valence-corrected chi connectivity index (χ3v) is 6.01. The summed E-state index contributed by atoms with van der Waals surface area (Å²) < 4.78 is 0. The number of hydrogen-bond acceptors (Lipinski definition) is 5. The van der Waals surface area contributed by atoms with Gasteiger partial charge in [-0.1, -0.05) is 56.0 Å². The Kier molecular flexibility index (Phi) is 6.72. The molecule has 1 aliphatic heterocycles. The molecule has 0 bridgehead atoms. The van der Waals surface area contributed by atoms with Crippen LogP contribution in [0.3, 0.4) is 0 Å². The Labute approximate surface area is 173 Å². The van der Waals surface area contributed by atoms with Gasteiger partial charge in [-0.15, -0.1) is 0 Å². The maximum Gasteiger partial charge on any atom is 0.271 e. The van der Waals surface area contributed by atoms with Crippen molar-refractivity contribution in [1.82, 2.24) is 20.2 Å². The maximum absolute atomic E-state index is 12.5. The first-order valence-corrected chi connectivity index (χ1v) is 10.9. The number of nitrogens with zero attached hydrogens (tertiary/aromatic N) is 4. The van der Waals surface area contributed by atoms with Gasteiger partial charge in [0.25, 0.3) is 5.91 Å². The number of anilines is 1. The van der Waals surface area contributed by atoms with Crippen molar-refractivity contribution in [2.24, 2.45) is 0 Å². The van der Waals surface area contributed by atoms with Gasteiger partial charge in [0.05, 0.1) is 12.4 Å². The third kappa shape index (κ3) is 5.54. The lowest BCUT2D eigenvalue weighted by Crippen LogP contribution is -2.46. The summed E-state index contributed by atoms with van der Waals surface area (Å²) in [5.74, 6) is 0.763. The summed E-state index contributed by atoms with van der Waals surface area (Å²) >= 11 is 0. The van der Waals surface area contributed by atoms with E-state index in [1.54, 1.807) is 12.4 Å². The van der Waals surface area contributed by atoms with Crippen LogP contribution >= 0.6 is 0 Å². The van der Waals surface area contributed by atoms with Gasteiger partial charge in [0.15, 0.2) is 0 Å². The van der Waals surface area contributed by atoms with Crippen LogP contribution in [-0.4, -0.2) is 53.0 Å². The largest absolute Gasteiger partial charge is 0.353 e. The summed E-state index contributed by atoms with van der Waals surface area (Å²) in [6.45, 7) is 4.84.